The number of hydrogen-bond donors (Lipinski definition) is 4. The second kappa shape index (κ2) is 14.3. The third-order valence-electron chi connectivity index (χ3n) is 7.39. The molecule has 0 saturated heterocycles. The van der Waals surface area contributed by atoms with E-state index in [1.165, 1.54) is 17.7 Å². The molecule has 2 amide bonds. The van der Waals surface area contributed by atoms with Crippen LogP contribution in [0.1, 0.15) is 54.2 Å². The molecule has 4 aromatic carbocycles. The minimum absolute atomic E-state index is 0.0125. The smallest absolute Gasteiger partial charge is 0.416 e. The first kappa shape index (κ1) is 33.8. The fourth-order valence-corrected chi connectivity index (χ4v) is 4.72. The van der Waals surface area contributed by atoms with E-state index in [4.69, 9.17) is 5.11 Å². The van der Waals surface area contributed by atoms with Crippen molar-refractivity contribution in [2.45, 2.75) is 51.2 Å². The summed E-state index contributed by atoms with van der Waals surface area (Å²) in [4.78, 5) is 36.5. The van der Waals surface area contributed by atoms with Gasteiger partial charge in [0.25, 0.3) is 5.91 Å². The zero-order chi connectivity index (χ0) is 33.5. The predicted octanol–water partition coefficient (Wildman–Crippen LogP) is 7.54. The minimum Gasteiger partial charge on any atom is -0.481 e. The van der Waals surface area contributed by atoms with Crippen LogP contribution in [0.2, 0.25) is 0 Å². The highest BCUT2D eigenvalue weighted by Crippen LogP contribution is 2.30. The normalized spacial score (nSPS) is 12.2. The van der Waals surface area contributed by atoms with Crippen LogP contribution in [-0.4, -0.2) is 35.5 Å². The van der Waals surface area contributed by atoms with Gasteiger partial charge in [-0.1, -0.05) is 69.3 Å². The van der Waals surface area contributed by atoms with Gasteiger partial charge >= 0.3 is 12.1 Å². The van der Waals surface area contributed by atoms with Crippen molar-refractivity contribution in [2.75, 3.05) is 17.2 Å². The molecule has 0 heterocycles. The number of amides is 2. The van der Waals surface area contributed by atoms with Crippen LogP contribution in [-0.2, 0) is 27.6 Å². The number of hydrogen-bond acceptors (Lipinski definition) is 4. The van der Waals surface area contributed by atoms with Crippen LogP contribution < -0.4 is 16.0 Å². The van der Waals surface area contributed by atoms with Crippen molar-refractivity contribution in [1.29, 1.82) is 0 Å². The van der Waals surface area contributed by atoms with Gasteiger partial charge in [0.2, 0.25) is 5.91 Å². The quantitative estimate of drug-likeness (QED) is 0.137. The largest absolute Gasteiger partial charge is 0.481 e. The summed E-state index contributed by atoms with van der Waals surface area (Å²) in [5.41, 5.74) is 4.43. The molecule has 1 atom stereocenters. The summed E-state index contributed by atoms with van der Waals surface area (Å²) in [7, 11) is 0. The van der Waals surface area contributed by atoms with Gasteiger partial charge in [-0.3, -0.25) is 14.4 Å². The number of carbonyl (C=O) groups excluding carboxylic acids is 2. The lowest BCUT2D eigenvalue weighted by atomic mass is 9.86. The van der Waals surface area contributed by atoms with E-state index >= 15 is 0 Å². The number of carboxylic acid groups (broad SMARTS) is 1. The number of carbonyl (C=O) groups is 3. The average Bonchev–Trinajstić information content (AvgIpc) is 3.00. The second-order valence-corrected chi connectivity index (χ2v) is 12.0. The first-order valence-corrected chi connectivity index (χ1v) is 14.7. The summed E-state index contributed by atoms with van der Waals surface area (Å²) in [5.74, 6) is -1.92. The molecule has 4 aromatic rings. The van der Waals surface area contributed by atoms with Crippen LogP contribution in [0.5, 0.6) is 0 Å². The number of halogens is 3. The Hall–Kier alpha value is -5.12. The molecule has 0 saturated carbocycles. The molecule has 0 aromatic heterocycles. The monoisotopic (exact) mass is 631 g/mol. The number of nitrogens with one attached hydrogen (secondary N) is 3. The first-order chi connectivity index (χ1) is 21.7. The molecule has 240 valence electrons. The third kappa shape index (κ3) is 9.44. The van der Waals surface area contributed by atoms with Crippen LogP contribution in [0.3, 0.4) is 0 Å². The Kier molecular flexibility index (Phi) is 10.5. The minimum atomic E-state index is -4.49. The number of anilines is 2. The predicted molar refractivity (Wildman–Crippen MR) is 173 cm³/mol. The zero-order valence-corrected chi connectivity index (χ0v) is 25.7. The van der Waals surface area contributed by atoms with E-state index in [0.29, 0.717) is 11.3 Å². The molecule has 4 N–H and O–H groups in total. The van der Waals surface area contributed by atoms with Gasteiger partial charge in [0.05, 0.1) is 12.0 Å². The van der Waals surface area contributed by atoms with Crippen molar-refractivity contribution >= 4 is 29.2 Å². The van der Waals surface area contributed by atoms with E-state index in [0.717, 1.165) is 28.8 Å². The second-order valence-electron chi connectivity index (χ2n) is 12.0. The highest BCUT2D eigenvalue weighted by molar-refractivity contribution is 5.97. The standard InChI is InChI=1S/C36H36F3N3O4/c1-35(2,3)27-12-8-25(9-13-27)24-6-4-23(5-7-24)22-31(34(46)42-30-18-14-28(15-19-30)36(37,38)39)41-29-16-10-26(11-17-29)33(45)40-21-20-32(43)44/h4-19,31,41H,20-22H2,1-3H3,(H,40,45)(H,42,46)(H,43,44)/t31-/m1/s1. The van der Waals surface area contributed by atoms with E-state index < -0.39 is 35.6 Å². The Morgan fingerprint density at radius 3 is 1.76 bits per heavy atom. The van der Waals surface area contributed by atoms with E-state index in [9.17, 15) is 27.6 Å². The zero-order valence-electron chi connectivity index (χ0n) is 25.7. The Bertz CT molecular complexity index is 1640. The van der Waals surface area contributed by atoms with E-state index in [1.54, 1.807) is 24.3 Å². The fourth-order valence-electron chi connectivity index (χ4n) is 4.72. The van der Waals surface area contributed by atoms with Gasteiger partial charge in [-0.25, -0.2) is 0 Å². The van der Waals surface area contributed by atoms with Crippen LogP contribution in [0.25, 0.3) is 11.1 Å². The highest BCUT2D eigenvalue weighted by atomic mass is 19.4. The molecule has 0 aliphatic rings. The third-order valence-corrected chi connectivity index (χ3v) is 7.39. The van der Waals surface area contributed by atoms with Gasteiger partial charge in [0.1, 0.15) is 6.04 Å². The molecular weight excluding hydrogens is 595 g/mol. The van der Waals surface area contributed by atoms with Crippen molar-refractivity contribution in [3.8, 4) is 11.1 Å². The van der Waals surface area contributed by atoms with Crippen molar-refractivity contribution in [3.05, 3.63) is 119 Å². The van der Waals surface area contributed by atoms with Gasteiger partial charge in [0, 0.05) is 29.9 Å². The van der Waals surface area contributed by atoms with E-state index in [-0.39, 0.29) is 30.5 Å². The molecule has 0 aliphatic carbocycles. The Balaban J connectivity index is 1.51. The lowest BCUT2D eigenvalue weighted by molar-refractivity contribution is -0.138. The van der Waals surface area contributed by atoms with Gasteiger partial charge in [-0.2, -0.15) is 13.2 Å². The summed E-state index contributed by atoms with van der Waals surface area (Å²) >= 11 is 0. The number of alkyl halides is 3. The maximum Gasteiger partial charge on any atom is 0.416 e. The Morgan fingerprint density at radius 1 is 0.717 bits per heavy atom. The SMILES string of the molecule is CC(C)(C)c1ccc(-c2ccc(C[C@@H](Nc3ccc(C(=O)NCCC(=O)O)cc3)C(=O)Nc3ccc(C(F)(F)F)cc3)cc2)cc1. The lowest BCUT2D eigenvalue weighted by Crippen LogP contribution is -2.36. The number of benzene rings is 4. The van der Waals surface area contributed by atoms with Crippen LogP contribution in [0, 0.1) is 0 Å². The summed E-state index contributed by atoms with van der Waals surface area (Å²) in [5, 5.41) is 17.2. The van der Waals surface area contributed by atoms with Crippen molar-refractivity contribution < 1.29 is 32.7 Å². The maximum absolute atomic E-state index is 13.4. The maximum atomic E-state index is 13.4. The van der Waals surface area contributed by atoms with Crippen LogP contribution in [0.15, 0.2) is 97.1 Å². The number of aliphatic carboxylic acids is 1. The molecule has 0 aliphatic heterocycles. The Labute approximate surface area is 265 Å². The number of rotatable bonds is 11. The highest BCUT2D eigenvalue weighted by Gasteiger charge is 2.30. The van der Waals surface area contributed by atoms with Gasteiger partial charge in [0.15, 0.2) is 0 Å². The molecular formula is C36H36F3N3O4. The fraction of sp³-hybridized carbons (Fsp3) is 0.250. The molecule has 0 bridgehead atoms. The van der Waals surface area contributed by atoms with Crippen molar-refractivity contribution in [3.63, 3.8) is 0 Å². The lowest BCUT2D eigenvalue weighted by Gasteiger charge is -2.21. The summed E-state index contributed by atoms with van der Waals surface area (Å²) in [6.07, 6.45) is -4.44. The van der Waals surface area contributed by atoms with Crippen LogP contribution in [0.4, 0.5) is 24.5 Å². The summed E-state index contributed by atoms with van der Waals surface area (Å²) < 4.78 is 39.1. The van der Waals surface area contributed by atoms with Crippen LogP contribution >= 0.6 is 0 Å². The molecule has 7 nitrogen and oxygen atoms in total. The molecule has 4 rings (SSSR count). The summed E-state index contributed by atoms with van der Waals surface area (Å²) in [6.45, 7) is 6.46. The van der Waals surface area contributed by atoms with Gasteiger partial charge < -0.3 is 21.1 Å². The van der Waals surface area contributed by atoms with E-state index in [1.807, 2.05) is 24.3 Å². The molecule has 10 heteroatoms. The van der Waals surface area contributed by atoms with E-state index in [2.05, 4.69) is 61.0 Å². The van der Waals surface area contributed by atoms with Crippen molar-refractivity contribution in [1.82, 2.24) is 5.32 Å². The van der Waals surface area contributed by atoms with Crippen molar-refractivity contribution in [2.24, 2.45) is 0 Å². The Morgan fingerprint density at radius 2 is 1.24 bits per heavy atom. The number of carboxylic acids is 1. The van der Waals surface area contributed by atoms with Gasteiger partial charge in [-0.15, -0.1) is 0 Å². The molecule has 0 fully saturated rings. The van der Waals surface area contributed by atoms with Gasteiger partial charge in [-0.05, 0) is 76.2 Å². The molecule has 0 unspecified atom stereocenters. The topological polar surface area (TPSA) is 108 Å². The molecule has 46 heavy (non-hydrogen) atoms. The average molecular weight is 632 g/mol. The molecule has 0 spiro atoms. The summed E-state index contributed by atoms with van der Waals surface area (Å²) in [6, 6.07) is 25.9. The molecule has 0 radical (unpaired) electrons. The first-order valence-electron chi connectivity index (χ1n) is 14.7.